The molecule has 0 spiro atoms. The normalized spacial score (nSPS) is 14.8. The molecule has 26 heavy (non-hydrogen) atoms. The number of rotatable bonds is 8. The van der Waals surface area contributed by atoms with Crippen molar-refractivity contribution in [3.8, 4) is 5.75 Å². The van der Waals surface area contributed by atoms with E-state index in [0.717, 1.165) is 23.6 Å². The zero-order chi connectivity index (χ0) is 19.2. The van der Waals surface area contributed by atoms with Gasteiger partial charge in [0.2, 0.25) is 10.0 Å². The van der Waals surface area contributed by atoms with Crippen LogP contribution < -0.4 is 10.1 Å². The fourth-order valence-electron chi connectivity index (χ4n) is 2.84. The van der Waals surface area contributed by atoms with Crippen LogP contribution in [0.3, 0.4) is 0 Å². The molecule has 1 N–H and O–H groups in total. The van der Waals surface area contributed by atoms with Crippen molar-refractivity contribution in [2.45, 2.75) is 43.9 Å². The third kappa shape index (κ3) is 5.57. The molecule has 0 unspecified atom stereocenters. The molecule has 0 saturated heterocycles. The topological polar surface area (TPSA) is 75.7 Å². The second-order valence-corrected chi connectivity index (χ2v) is 8.86. The molecule has 0 atom stereocenters. The van der Waals surface area contributed by atoms with Gasteiger partial charge in [0.25, 0.3) is 5.91 Å². The van der Waals surface area contributed by atoms with E-state index in [9.17, 15) is 13.2 Å². The van der Waals surface area contributed by atoms with Crippen LogP contribution in [0.25, 0.3) is 0 Å². The van der Waals surface area contributed by atoms with Crippen LogP contribution in [0, 0.1) is 6.92 Å². The Morgan fingerprint density at radius 1 is 1.27 bits per heavy atom. The molecular formula is C19H28N2O4S. The van der Waals surface area contributed by atoms with Crippen LogP contribution in [0.15, 0.2) is 34.7 Å². The van der Waals surface area contributed by atoms with E-state index in [4.69, 9.17) is 4.74 Å². The Balaban J connectivity index is 1.83. The van der Waals surface area contributed by atoms with Crippen molar-refractivity contribution in [1.29, 1.82) is 0 Å². The quantitative estimate of drug-likeness (QED) is 0.704. The van der Waals surface area contributed by atoms with Crippen LogP contribution in [0.5, 0.6) is 5.75 Å². The molecule has 0 aliphatic heterocycles. The zero-order valence-electron chi connectivity index (χ0n) is 15.7. The first-order valence-corrected chi connectivity index (χ1v) is 10.4. The third-order valence-electron chi connectivity index (χ3n) is 4.44. The highest BCUT2D eigenvalue weighted by Crippen LogP contribution is 2.23. The molecule has 0 heterocycles. The van der Waals surface area contributed by atoms with Crippen LogP contribution >= 0.6 is 0 Å². The van der Waals surface area contributed by atoms with E-state index in [-0.39, 0.29) is 17.4 Å². The summed E-state index contributed by atoms with van der Waals surface area (Å²) in [6, 6.07) is 4.63. The number of benzene rings is 1. The maximum atomic E-state index is 12.1. The fraction of sp³-hybridized carbons (Fsp3) is 0.526. The first-order valence-electron chi connectivity index (χ1n) is 8.91. The van der Waals surface area contributed by atoms with Gasteiger partial charge in [0, 0.05) is 20.6 Å². The summed E-state index contributed by atoms with van der Waals surface area (Å²) in [5.74, 6) is 0.332. The van der Waals surface area contributed by atoms with E-state index in [1.54, 1.807) is 19.1 Å². The summed E-state index contributed by atoms with van der Waals surface area (Å²) in [4.78, 5) is 12.1. The smallest absolute Gasteiger partial charge is 0.257 e. The number of carbonyl (C=O) groups is 1. The number of aryl methyl sites for hydroxylation is 1. The van der Waals surface area contributed by atoms with Crippen LogP contribution in [0.1, 0.15) is 37.7 Å². The number of carbonyl (C=O) groups excluding carboxylic acids is 1. The highest BCUT2D eigenvalue weighted by atomic mass is 32.2. The predicted molar refractivity (Wildman–Crippen MR) is 102 cm³/mol. The van der Waals surface area contributed by atoms with Crippen molar-refractivity contribution in [1.82, 2.24) is 9.62 Å². The fourth-order valence-corrected chi connectivity index (χ4v) is 3.83. The Labute approximate surface area is 156 Å². The number of nitrogens with zero attached hydrogens (tertiary/aromatic N) is 1. The second kappa shape index (κ2) is 9.19. The van der Waals surface area contributed by atoms with Gasteiger partial charge in [-0.25, -0.2) is 12.7 Å². The number of hydrogen-bond acceptors (Lipinski definition) is 4. The molecule has 0 radical (unpaired) electrons. The summed E-state index contributed by atoms with van der Waals surface area (Å²) in [5.41, 5.74) is 2.10. The van der Waals surface area contributed by atoms with E-state index < -0.39 is 10.0 Å². The van der Waals surface area contributed by atoms with E-state index >= 15 is 0 Å². The van der Waals surface area contributed by atoms with Gasteiger partial charge in [-0.1, -0.05) is 11.6 Å². The van der Waals surface area contributed by atoms with Crippen molar-refractivity contribution >= 4 is 15.9 Å². The number of hydrogen-bond donors (Lipinski definition) is 1. The van der Waals surface area contributed by atoms with E-state index in [2.05, 4.69) is 11.4 Å². The maximum absolute atomic E-state index is 12.1. The molecule has 0 fully saturated rings. The van der Waals surface area contributed by atoms with Gasteiger partial charge in [-0.15, -0.1) is 0 Å². The highest BCUT2D eigenvalue weighted by molar-refractivity contribution is 7.89. The number of sulfonamides is 1. The molecule has 2 rings (SSSR count). The molecule has 0 bridgehead atoms. The molecule has 144 valence electrons. The third-order valence-corrected chi connectivity index (χ3v) is 6.25. The average Bonchev–Trinajstić information content (AvgIpc) is 2.61. The van der Waals surface area contributed by atoms with Crippen molar-refractivity contribution < 1.29 is 17.9 Å². The van der Waals surface area contributed by atoms with Gasteiger partial charge in [-0.2, -0.15) is 0 Å². The van der Waals surface area contributed by atoms with E-state index in [1.807, 2.05) is 0 Å². The lowest BCUT2D eigenvalue weighted by molar-refractivity contribution is -0.123. The molecule has 6 nitrogen and oxygen atoms in total. The number of ether oxygens (including phenoxy) is 1. The van der Waals surface area contributed by atoms with E-state index in [0.29, 0.717) is 17.9 Å². The lowest BCUT2D eigenvalue weighted by Gasteiger charge is -2.15. The Bertz CT molecular complexity index is 770. The SMILES string of the molecule is Cc1cc(S(=O)(=O)N(C)C)ccc1OCC(=O)NCCC1=CCCCC1. The molecule has 1 aliphatic rings. The van der Waals surface area contributed by atoms with E-state index in [1.165, 1.54) is 38.6 Å². The monoisotopic (exact) mass is 380 g/mol. The van der Waals surface area contributed by atoms with Gasteiger partial charge in [-0.05, 0) is 62.8 Å². The number of amides is 1. The van der Waals surface area contributed by atoms with Crippen LogP contribution in [0.2, 0.25) is 0 Å². The first kappa shape index (κ1) is 20.5. The van der Waals surface area contributed by atoms with Gasteiger partial charge in [0.1, 0.15) is 5.75 Å². The van der Waals surface area contributed by atoms with Crippen molar-refractivity contribution in [3.63, 3.8) is 0 Å². The summed E-state index contributed by atoms with van der Waals surface area (Å²) in [6.07, 6.45) is 7.94. The van der Waals surface area contributed by atoms with Crippen molar-refractivity contribution in [3.05, 3.63) is 35.4 Å². The number of allylic oxidation sites excluding steroid dienone is 1. The minimum absolute atomic E-state index is 0.0837. The standard InChI is InChI=1S/C19H28N2O4S/c1-15-13-17(26(23,24)21(2)3)9-10-18(15)25-14-19(22)20-12-11-16-7-5-4-6-8-16/h7,9-10,13H,4-6,8,11-12,14H2,1-3H3,(H,20,22). The predicted octanol–water partition coefficient (Wildman–Crippen LogP) is 2.63. The van der Waals surface area contributed by atoms with Gasteiger partial charge in [-0.3, -0.25) is 4.79 Å². The molecule has 1 aromatic rings. The Morgan fingerprint density at radius 2 is 2.04 bits per heavy atom. The van der Waals surface area contributed by atoms with Crippen LogP contribution in [-0.4, -0.2) is 45.9 Å². The molecule has 7 heteroatoms. The largest absolute Gasteiger partial charge is 0.484 e. The number of nitrogens with one attached hydrogen (secondary N) is 1. The minimum Gasteiger partial charge on any atom is -0.484 e. The minimum atomic E-state index is -3.48. The zero-order valence-corrected chi connectivity index (χ0v) is 16.6. The first-order chi connectivity index (χ1) is 12.3. The van der Waals surface area contributed by atoms with Gasteiger partial charge < -0.3 is 10.1 Å². The summed E-state index contributed by atoms with van der Waals surface area (Å²) in [6.45, 7) is 2.30. The summed E-state index contributed by atoms with van der Waals surface area (Å²) < 4.78 is 31.0. The van der Waals surface area contributed by atoms with Crippen molar-refractivity contribution in [2.75, 3.05) is 27.2 Å². The molecule has 0 aromatic heterocycles. The maximum Gasteiger partial charge on any atom is 0.257 e. The van der Waals surface area contributed by atoms with Crippen LogP contribution in [-0.2, 0) is 14.8 Å². The average molecular weight is 381 g/mol. The Morgan fingerprint density at radius 3 is 2.65 bits per heavy atom. The summed E-state index contributed by atoms with van der Waals surface area (Å²) >= 11 is 0. The lowest BCUT2D eigenvalue weighted by atomic mass is 9.97. The lowest BCUT2D eigenvalue weighted by Crippen LogP contribution is -2.30. The van der Waals surface area contributed by atoms with Gasteiger partial charge >= 0.3 is 0 Å². The second-order valence-electron chi connectivity index (χ2n) is 6.71. The summed E-state index contributed by atoms with van der Waals surface area (Å²) in [7, 11) is -0.499. The summed E-state index contributed by atoms with van der Waals surface area (Å²) in [5, 5.41) is 2.86. The molecule has 1 aliphatic carbocycles. The Hall–Kier alpha value is -1.86. The van der Waals surface area contributed by atoms with Crippen molar-refractivity contribution in [2.24, 2.45) is 0 Å². The van der Waals surface area contributed by atoms with Gasteiger partial charge in [0.05, 0.1) is 4.90 Å². The highest BCUT2D eigenvalue weighted by Gasteiger charge is 2.18. The van der Waals surface area contributed by atoms with Crippen LogP contribution in [0.4, 0.5) is 0 Å². The Kier molecular flexibility index (Phi) is 7.23. The molecule has 1 aromatic carbocycles. The molecule has 1 amide bonds. The molecule has 0 saturated carbocycles. The molecular weight excluding hydrogens is 352 g/mol. The van der Waals surface area contributed by atoms with Gasteiger partial charge in [0.15, 0.2) is 6.61 Å².